The van der Waals surface area contributed by atoms with Crippen molar-refractivity contribution in [3.63, 3.8) is 0 Å². The summed E-state index contributed by atoms with van der Waals surface area (Å²) >= 11 is 9.49. The van der Waals surface area contributed by atoms with Gasteiger partial charge in [-0.2, -0.15) is 5.10 Å². The van der Waals surface area contributed by atoms with E-state index in [4.69, 9.17) is 11.6 Å². The van der Waals surface area contributed by atoms with Gasteiger partial charge in [-0.1, -0.05) is 27.5 Å². The summed E-state index contributed by atoms with van der Waals surface area (Å²) in [6.07, 6.45) is 2.79. The Balaban J connectivity index is 1.89. The van der Waals surface area contributed by atoms with Crippen LogP contribution in [0.1, 0.15) is 0 Å². The second kappa shape index (κ2) is 6.37. The first kappa shape index (κ1) is 16.7. The van der Waals surface area contributed by atoms with Crippen molar-refractivity contribution in [2.24, 2.45) is 7.05 Å². The number of anilines is 1. The molecule has 3 aromatic rings. The molecule has 0 spiro atoms. The van der Waals surface area contributed by atoms with E-state index in [0.29, 0.717) is 21.7 Å². The number of amides is 1. The fourth-order valence-electron chi connectivity index (χ4n) is 2.32. The van der Waals surface area contributed by atoms with Gasteiger partial charge in [0.15, 0.2) is 5.65 Å². The van der Waals surface area contributed by atoms with Crippen molar-refractivity contribution in [2.75, 3.05) is 11.9 Å². The van der Waals surface area contributed by atoms with Gasteiger partial charge < -0.3 is 4.90 Å². The highest BCUT2D eigenvalue weighted by Crippen LogP contribution is 2.28. The van der Waals surface area contributed by atoms with Crippen LogP contribution in [0.4, 0.5) is 5.69 Å². The van der Waals surface area contributed by atoms with E-state index in [0.717, 1.165) is 4.47 Å². The Morgan fingerprint density at radius 3 is 2.88 bits per heavy atom. The monoisotopic (exact) mass is 409 g/mol. The number of carbonyl (C=O) groups is 1. The summed E-state index contributed by atoms with van der Waals surface area (Å²) < 4.78 is 3.59. The summed E-state index contributed by atoms with van der Waals surface area (Å²) in [6, 6.07) is 5.23. The molecular weight excluding hydrogens is 398 g/mol. The van der Waals surface area contributed by atoms with E-state index in [1.165, 1.54) is 26.7 Å². The molecule has 1 amide bonds. The van der Waals surface area contributed by atoms with E-state index in [-0.39, 0.29) is 18.0 Å². The molecule has 0 aliphatic carbocycles. The molecule has 24 heavy (non-hydrogen) atoms. The maximum absolute atomic E-state index is 12.5. The van der Waals surface area contributed by atoms with Crippen LogP contribution in [-0.2, 0) is 18.4 Å². The lowest BCUT2D eigenvalue weighted by Gasteiger charge is -2.19. The first-order valence-electron chi connectivity index (χ1n) is 6.97. The molecule has 0 saturated heterocycles. The molecule has 2 heterocycles. The van der Waals surface area contributed by atoms with Gasteiger partial charge in [-0.25, -0.2) is 4.98 Å². The lowest BCUT2D eigenvalue weighted by Crippen LogP contribution is -2.34. The molecule has 0 aliphatic heterocycles. The molecular formula is C15H13BrClN5O2. The number of hydrogen-bond acceptors (Lipinski definition) is 4. The highest BCUT2D eigenvalue weighted by molar-refractivity contribution is 9.10. The number of halogens is 2. The van der Waals surface area contributed by atoms with Gasteiger partial charge in [-0.3, -0.25) is 18.8 Å². The molecule has 9 heteroatoms. The van der Waals surface area contributed by atoms with Crippen LogP contribution in [0.15, 0.2) is 40.0 Å². The number of carbonyl (C=O) groups excluding carboxylic acids is 1. The van der Waals surface area contributed by atoms with Crippen molar-refractivity contribution >= 4 is 50.2 Å². The molecule has 0 radical (unpaired) electrons. The fraction of sp³-hybridized carbons (Fsp3) is 0.200. The Kier molecular flexibility index (Phi) is 4.42. The minimum Gasteiger partial charge on any atom is -0.312 e. The quantitative estimate of drug-likeness (QED) is 0.663. The van der Waals surface area contributed by atoms with Gasteiger partial charge in [0.1, 0.15) is 18.3 Å². The highest BCUT2D eigenvalue weighted by Gasteiger charge is 2.16. The van der Waals surface area contributed by atoms with Gasteiger partial charge >= 0.3 is 0 Å². The number of fused-ring (bicyclic) bond motifs is 1. The highest BCUT2D eigenvalue weighted by atomic mass is 79.9. The predicted octanol–water partition coefficient (Wildman–Crippen LogP) is 2.21. The summed E-state index contributed by atoms with van der Waals surface area (Å²) in [5.74, 6) is -0.286. The number of rotatable bonds is 3. The Morgan fingerprint density at radius 1 is 1.42 bits per heavy atom. The van der Waals surface area contributed by atoms with Gasteiger partial charge in [0, 0.05) is 18.6 Å². The van der Waals surface area contributed by atoms with Gasteiger partial charge in [0.2, 0.25) is 5.91 Å². The molecule has 1 aromatic carbocycles. The van der Waals surface area contributed by atoms with Crippen molar-refractivity contribution in [3.05, 3.63) is 50.6 Å². The number of likely N-dealkylation sites (N-methyl/N-ethyl adjacent to an activating group) is 1. The zero-order valence-corrected chi connectivity index (χ0v) is 15.2. The third kappa shape index (κ3) is 2.94. The third-order valence-electron chi connectivity index (χ3n) is 3.67. The van der Waals surface area contributed by atoms with Gasteiger partial charge in [0.25, 0.3) is 5.56 Å². The summed E-state index contributed by atoms with van der Waals surface area (Å²) in [6.45, 7) is -0.139. The summed E-state index contributed by atoms with van der Waals surface area (Å²) in [7, 11) is 3.31. The number of aromatic nitrogens is 4. The van der Waals surface area contributed by atoms with Crippen LogP contribution in [0.3, 0.4) is 0 Å². The predicted molar refractivity (Wildman–Crippen MR) is 95.3 cm³/mol. The summed E-state index contributed by atoms with van der Waals surface area (Å²) in [5.41, 5.74) is 0.734. The van der Waals surface area contributed by atoms with Crippen LogP contribution in [-0.4, -0.2) is 32.3 Å². The van der Waals surface area contributed by atoms with Crippen LogP contribution in [0.2, 0.25) is 5.02 Å². The van der Waals surface area contributed by atoms with Gasteiger partial charge in [-0.15, -0.1) is 0 Å². The van der Waals surface area contributed by atoms with Crippen molar-refractivity contribution < 1.29 is 4.79 Å². The molecule has 0 fully saturated rings. The fourth-order valence-corrected chi connectivity index (χ4v) is 3.12. The van der Waals surface area contributed by atoms with Gasteiger partial charge in [-0.05, 0) is 18.2 Å². The number of benzene rings is 1. The minimum atomic E-state index is -0.309. The Hall–Kier alpha value is -2.19. The average Bonchev–Trinajstić information content (AvgIpc) is 2.91. The molecule has 0 atom stereocenters. The van der Waals surface area contributed by atoms with Crippen LogP contribution < -0.4 is 10.5 Å². The lowest BCUT2D eigenvalue weighted by molar-refractivity contribution is -0.118. The molecule has 0 N–H and O–H groups in total. The Labute approximate surface area is 150 Å². The van der Waals surface area contributed by atoms with Crippen molar-refractivity contribution in [1.29, 1.82) is 0 Å². The molecule has 0 aliphatic rings. The third-order valence-corrected chi connectivity index (χ3v) is 4.46. The van der Waals surface area contributed by atoms with Gasteiger partial charge in [0.05, 0.1) is 16.9 Å². The van der Waals surface area contributed by atoms with Crippen LogP contribution >= 0.6 is 27.5 Å². The SMILES string of the molecule is CN(C(=O)Cn1cnc2c(cnn2C)c1=O)c1ccc(Br)cc1Cl. The number of nitrogens with zero attached hydrogens (tertiary/aromatic N) is 5. The zero-order valence-electron chi connectivity index (χ0n) is 12.9. The van der Waals surface area contributed by atoms with E-state index in [9.17, 15) is 9.59 Å². The van der Waals surface area contributed by atoms with Crippen molar-refractivity contribution in [2.45, 2.75) is 6.54 Å². The Morgan fingerprint density at radius 2 is 2.17 bits per heavy atom. The maximum atomic E-state index is 12.5. The first-order chi connectivity index (χ1) is 11.4. The smallest absolute Gasteiger partial charge is 0.264 e. The zero-order chi connectivity index (χ0) is 17.4. The molecule has 124 valence electrons. The van der Waals surface area contributed by atoms with Crippen LogP contribution in [0, 0.1) is 0 Å². The average molecular weight is 411 g/mol. The second-order valence-corrected chi connectivity index (χ2v) is 6.55. The van der Waals surface area contributed by atoms with Crippen molar-refractivity contribution in [1.82, 2.24) is 19.3 Å². The van der Waals surface area contributed by atoms with E-state index in [2.05, 4.69) is 26.0 Å². The van der Waals surface area contributed by atoms with E-state index in [1.54, 1.807) is 32.3 Å². The molecule has 0 unspecified atom stereocenters. The van der Waals surface area contributed by atoms with E-state index < -0.39 is 0 Å². The summed E-state index contributed by atoms with van der Waals surface area (Å²) in [4.78, 5) is 30.5. The van der Waals surface area contributed by atoms with Crippen molar-refractivity contribution in [3.8, 4) is 0 Å². The standard InChI is InChI=1S/C15H13BrClN5O2/c1-20(12-4-3-9(16)5-11(12)17)13(23)7-22-8-18-14-10(15(22)24)6-19-21(14)2/h3-6,8H,7H2,1-2H3. The maximum Gasteiger partial charge on any atom is 0.264 e. The van der Waals surface area contributed by atoms with Crippen LogP contribution in [0.25, 0.3) is 11.0 Å². The largest absolute Gasteiger partial charge is 0.312 e. The molecule has 0 saturated carbocycles. The minimum absolute atomic E-state index is 0.139. The lowest BCUT2D eigenvalue weighted by atomic mass is 10.3. The second-order valence-electron chi connectivity index (χ2n) is 5.23. The number of hydrogen-bond donors (Lipinski definition) is 0. The topological polar surface area (TPSA) is 73.0 Å². The first-order valence-corrected chi connectivity index (χ1v) is 8.14. The van der Waals surface area contributed by atoms with E-state index in [1.807, 2.05) is 0 Å². The summed E-state index contributed by atoms with van der Waals surface area (Å²) in [5, 5.41) is 4.81. The molecule has 3 rings (SSSR count). The molecule has 0 bridgehead atoms. The number of aryl methyl sites for hydroxylation is 1. The van der Waals surface area contributed by atoms with Crippen LogP contribution in [0.5, 0.6) is 0 Å². The Bertz CT molecular complexity index is 997. The molecule has 7 nitrogen and oxygen atoms in total. The molecule has 2 aromatic heterocycles. The normalized spacial score (nSPS) is 11.0. The van der Waals surface area contributed by atoms with E-state index >= 15 is 0 Å².